The SMILES string of the molecule is CC/C=C/c1cc[c-]cc1.[W]. The van der Waals surface area contributed by atoms with E-state index in [9.17, 15) is 0 Å². The molecule has 0 unspecified atom stereocenters. The van der Waals surface area contributed by atoms with Crippen LogP contribution in [0.1, 0.15) is 18.9 Å². The van der Waals surface area contributed by atoms with Gasteiger partial charge in [-0.1, -0.05) is 19.1 Å². The van der Waals surface area contributed by atoms with Gasteiger partial charge < -0.3 is 0 Å². The van der Waals surface area contributed by atoms with Gasteiger partial charge in [0.25, 0.3) is 0 Å². The molecule has 58 valence electrons. The topological polar surface area (TPSA) is 0 Å². The molecule has 0 saturated heterocycles. The monoisotopic (exact) mass is 315 g/mol. The number of hydrogen-bond acceptors (Lipinski definition) is 0. The maximum Gasteiger partial charge on any atom is 0 e. The van der Waals surface area contributed by atoms with Crippen molar-refractivity contribution in [3.8, 4) is 0 Å². The van der Waals surface area contributed by atoms with Crippen LogP contribution in [0.5, 0.6) is 0 Å². The van der Waals surface area contributed by atoms with E-state index < -0.39 is 0 Å². The van der Waals surface area contributed by atoms with Crippen molar-refractivity contribution >= 4 is 6.08 Å². The fourth-order valence-electron chi connectivity index (χ4n) is 0.765. The average molecular weight is 315 g/mol. The van der Waals surface area contributed by atoms with Crippen molar-refractivity contribution in [1.29, 1.82) is 0 Å². The molecule has 1 aromatic rings. The molecule has 0 aliphatic heterocycles. The summed E-state index contributed by atoms with van der Waals surface area (Å²) in [6, 6.07) is 10.9. The Morgan fingerprint density at radius 3 is 2.55 bits per heavy atom. The molecule has 0 nitrogen and oxygen atoms in total. The summed E-state index contributed by atoms with van der Waals surface area (Å²) in [7, 11) is 0. The summed E-state index contributed by atoms with van der Waals surface area (Å²) in [5.74, 6) is 0. The van der Waals surface area contributed by atoms with Crippen LogP contribution in [-0.4, -0.2) is 0 Å². The predicted octanol–water partition coefficient (Wildman–Crippen LogP) is 2.91. The fraction of sp³-hybridized carbons (Fsp3) is 0.200. The average Bonchev–Trinajstić information content (AvgIpc) is 2.03. The number of rotatable bonds is 2. The number of hydrogen-bond donors (Lipinski definition) is 0. The third kappa shape index (κ3) is 4.16. The molecule has 0 N–H and O–H groups in total. The maximum absolute atomic E-state index is 2.98. The predicted molar refractivity (Wildman–Crippen MR) is 44.6 cm³/mol. The smallest absolute Gasteiger partial charge is 0 e. The third-order valence-corrected chi connectivity index (χ3v) is 1.29. The summed E-state index contributed by atoms with van der Waals surface area (Å²) in [4.78, 5) is 0. The van der Waals surface area contributed by atoms with Crippen LogP contribution in [0.15, 0.2) is 30.3 Å². The van der Waals surface area contributed by atoms with Gasteiger partial charge in [0.2, 0.25) is 0 Å². The van der Waals surface area contributed by atoms with E-state index >= 15 is 0 Å². The first kappa shape index (κ1) is 10.6. The molecule has 0 saturated carbocycles. The van der Waals surface area contributed by atoms with E-state index in [0.29, 0.717) is 0 Å². The van der Waals surface area contributed by atoms with Crippen LogP contribution in [0.3, 0.4) is 0 Å². The van der Waals surface area contributed by atoms with Crippen molar-refractivity contribution in [1.82, 2.24) is 0 Å². The van der Waals surface area contributed by atoms with Crippen LogP contribution in [0.25, 0.3) is 6.08 Å². The zero-order valence-corrected chi connectivity index (χ0v) is 9.51. The Bertz CT molecular complexity index is 201. The van der Waals surface area contributed by atoms with E-state index in [1.807, 2.05) is 24.3 Å². The molecule has 0 atom stereocenters. The van der Waals surface area contributed by atoms with E-state index in [-0.39, 0.29) is 21.1 Å². The zero-order chi connectivity index (χ0) is 7.23. The Morgan fingerprint density at radius 1 is 1.36 bits per heavy atom. The van der Waals surface area contributed by atoms with Crippen LogP contribution in [-0.2, 0) is 21.1 Å². The number of benzene rings is 1. The van der Waals surface area contributed by atoms with Crippen LogP contribution in [0, 0.1) is 6.07 Å². The Balaban J connectivity index is 0.000001000. The molecule has 0 spiro atoms. The molecule has 1 heteroatoms. The second-order valence-electron chi connectivity index (χ2n) is 2.14. The van der Waals surface area contributed by atoms with Crippen molar-refractivity contribution in [2.24, 2.45) is 0 Å². The molecule has 0 bridgehead atoms. The normalized spacial score (nSPS) is 9.55. The molecule has 0 heterocycles. The third-order valence-electron chi connectivity index (χ3n) is 1.29. The minimum Gasteiger partial charge on any atom is -0.184 e. The minimum atomic E-state index is 0. The Morgan fingerprint density at radius 2 is 2.00 bits per heavy atom. The Labute approximate surface area is 82.6 Å². The largest absolute Gasteiger partial charge is 0.184 e. The van der Waals surface area contributed by atoms with Gasteiger partial charge in [-0.3, -0.25) is 0 Å². The molecule has 0 fully saturated rings. The van der Waals surface area contributed by atoms with E-state index in [2.05, 4.69) is 25.1 Å². The first-order valence-corrected chi connectivity index (χ1v) is 3.56. The van der Waals surface area contributed by atoms with Gasteiger partial charge in [-0.15, -0.1) is 5.56 Å². The van der Waals surface area contributed by atoms with Gasteiger partial charge in [0.15, 0.2) is 0 Å². The van der Waals surface area contributed by atoms with Gasteiger partial charge in [-0.25, -0.2) is 0 Å². The van der Waals surface area contributed by atoms with Crippen molar-refractivity contribution in [2.45, 2.75) is 13.3 Å². The van der Waals surface area contributed by atoms with Gasteiger partial charge in [-0.05, 0) is 6.42 Å². The quantitative estimate of drug-likeness (QED) is 0.736. The van der Waals surface area contributed by atoms with Crippen LogP contribution < -0.4 is 0 Å². The molecule has 1 aromatic carbocycles. The van der Waals surface area contributed by atoms with Crippen molar-refractivity contribution in [3.05, 3.63) is 42.0 Å². The van der Waals surface area contributed by atoms with E-state index in [1.54, 1.807) is 0 Å². The van der Waals surface area contributed by atoms with Crippen molar-refractivity contribution in [2.75, 3.05) is 0 Å². The van der Waals surface area contributed by atoms with Gasteiger partial charge in [0.1, 0.15) is 0 Å². The summed E-state index contributed by atoms with van der Waals surface area (Å²) in [5, 5.41) is 0. The van der Waals surface area contributed by atoms with E-state index in [4.69, 9.17) is 0 Å². The molecule has 0 aromatic heterocycles. The number of allylic oxidation sites excluding steroid dienone is 1. The van der Waals surface area contributed by atoms with Gasteiger partial charge in [0, 0.05) is 21.1 Å². The summed E-state index contributed by atoms with van der Waals surface area (Å²) in [6.07, 6.45) is 5.36. The molecule has 0 aliphatic carbocycles. The Kier molecular flexibility index (Phi) is 6.16. The fourth-order valence-corrected chi connectivity index (χ4v) is 0.765. The van der Waals surface area contributed by atoms with Crippen LogP contribution >= 0.6 is 0 Å². The second kappa shape index (κ2) is 6.36. The van der Waals surface area contributed by atoms with E-state index in [1.165, 1.54) is 5.56 Å². The maximum atomic E-state index is 2.98. The van der Waals surface area contributed by atoms with Crippen molar-refractivity contribution in [3.63, 3.8) is 0 Å². The van der Waals surface area contributed by atoms with E-state index in [0.717, 1.165) is 6.42 Å². The van der Waals surface area contributed by atoms with Gasteiger partial charge in [-0.2, -0.15) is 30.3 Å². The summed E-state index contributed by atoms with van der Waals surface area (Å²) in [5.41, 5.74) is 1.25. The molecule has 1 rings (SSSR count). The first-order chi connectivity index (χ1) is 4.93. The van der Waals surface area contributed by atoms with Crippen molar-refractivity contribution < 1.29 is 21.1 Å². The summed E-state index contributed by atoms with van der Waals surface area (Å²) in [6.45, 7) is 2.13. The Hall–Kier alpha value is -0.352. The van der Waals surface area contributed by atoms with Gasteiger partial charge >= 0.3 is 0 Å². The molecule has 11 heavy (non-hydrogen) atoms. The summed E-state index contributed by atoms with van der Waals surface area (Å²) >= 11 is 0. The molecule has 0 radical (unpaired) electrons. The molecular weight excluding hydrogens is 304 g/mol. The molecular formula is C10H11W-. The standard InChI is InChI=1S/C10H11.W/c1-2-3-7-10-8-5-4-6-9-10;/h3,5-9H,2H2,1H3;/q-1;/b7-3+;. The molecule has 0 amide bonds. The first-order valence-electron chi connectivity index (χ1n) is 3.56. The second-order valence-corrected chi connectivity index (χ2v) is 2.14. The zero-order valence-electron chi connectivity index (χ0n) is 6.58. The van der Waals surface area contributed by atoms with Crippen LogP contribution in [0.4, 0.5) is 0 Å². The summed E-state index contributed by atoms with van der Waals surface area (Å²) < 4.78 is 0. The minimum absolute atomic E-state index is 0. The van der Waals surface area contributed by atoms with Gasteiger partial charge in [0.05, 0.1) is 0 Å². The molecule has 0 aliphatic rings. The van der Waals surface area contributed by atoms with Crippen LogP contribution in [0.2, 0.25) is 0 Å².